The molecular formula is C15H13NO. The molecule has 0 radical (unpaired) electrons. The summed E-state index contributed by atoms with van der Waals surface area (Å²) in [5, 5.41) is 18.5. The fraction of sp³-hybridized carbons (Fsp3) is 0.133. The highest BCUT2D eigenvalue weighted by molar-refractivity contribution is 5.71. The molecule has 0 aliphatic rings. The lowest BCUT2D eigenvalue weighted by Crippen LogP contribution is -1.87. The van der Waals surface area contributed by atoms with Gasteiger partial charge >= 0.3 is 0 Å². The summed E-state index contributed by atoms with van der Waals surface area (Å²) in [6.07, 6.45) is 0. The van der Waals surface area contributed by atoms with Crippen LogP contribution in [0.15, 0.2) is 36.4 Å². The van der Waals surface area contributed by atoms with Gasteiger partial charge in [-0.15, -0.1) is 0 Å². The number of nitrogens with zero attached hydrogens (tertiary/aromatic N) is 1. The van der Waals surface area contributed by atoms with E-state index in [0.717, 1.165) is 11.1 Å². The Kier molecular flexibility index (Phi) is 2.84. The Balaban J connectivity index is 2.59. The molecule has 0 saturated heterocycles. The van der Waals surface area contributed by atoms with Crippen LogP contribution in [0.1, 0.15) is 16.7 Å². The summed E-state index contributed by atoms with van der Waals surface area (Å²) in [6, 6.07) is 13.2. The van der Waals surface area contributed by atoms with Gasteiger partial charge in [0, 0.05) is 0 Å². The molecular weight excluding hydrogens is 210 g/mol. The highest BCUT2D eigenvalue weighted by Crippen LogP contribution is 2.29. The fourth-order valence-electron chi connectivity index (χ4n) is 1.86. The predicted octanol–water partition coefficient (Wildman–Crippen LogP) is 3.55. The minimum Gasteiger partial charge on any atom is -0.507 e. The van der Waals surface area contributed by atoms with E-state index >= 15 is 0 Å². The first kappa shape index (κ1) is 11.2. The molecule has 0 aromatic heterocycles. The smallest absolute Gasteiger partial charge is 0.133 e. The van der Waals surface area contributed by atoms with Crippen molar-refractivity contribution in [1.82, 2.24) is 0 Å². The largest absolute Gasteiger partial charge is 0.507 e. The lowest BCUT2D eigenvalue weighted by atomic mass is 9.96. The monoisotopic (exact) mass is 223 g/mol. The van der Waals surface area contributed by atoms with Gasteiger partial charge in [-0.2, -0.15) is 5.26 Å². The van der Waals surface area contributed by atoms with Crippen LogP contribution in [-0.4, -0.2) is 5.11 Å². The maximum absolute atomic E-state index is 9.69. The zero-order chi connectivity index (χ0) is 12.4. The first-order valence-corrected chi connectivity index (χ1v) is 5.43. The van der Waals surface area contributed by atoms with Crippen LogP contribution in [-0.2, 0) is 0 Å². The summed E-state index contributed by atoms with van der Waals surface area (Å²) in [7, 11) is 0. The topological polar surface area (TPSA) is 44.0 Å². The number of benzene rings is 2. The highest BCUT2D eigenvalue weighted by Gasteiger charge is 2.06. The van der Waals surface area contributed by atoms with Crippen LogP contribution in [0, 0.1) is 25.2 Å². The molecule has 0 amide bonds. The quantitative estimate of drug-likeness (QED) is 0.803. The van der Waals surface area contributed by atoms with Crippen molar-refractivity contribution in [2.24, 2.45) is 0 Å². The zero-order valence-electron chi connectivity index (χ0n) is 9.86. The van der Waals surface area contributed by atoms with Gasteiger partial charge in [-0.1, -0.05) is 24.3 Å². The number of aromatic hydroxyl groups is 1. The van der Waals surface area contributed by atoms with Crippen LogP contribution >= 0.6 is 0 Å². The minimum atomic E-state index is 0.0332. The van der Waals surface area contributed by atoms with Gasteiger partial charge in [0.2, 0.25) is 0 Å². The second-order valence-corrected chi connectivity index (χ2v) is 4.09. The normalized spacial score (nSPS) is 9.94. The van der Waals surface area contributed by atoms with Crippen molar-refractivity contribution in [3.63, 3.8) is 0 Å². The second kappa shape index (κ2) is 4.31. The molecule has 2 aromatic carbocycles. The van der Waals surface area contributed by atoms with E-state index in [4.69, 9.17) is 5.26 Å². The summed E-state index contributed by atoms with van der Waals surface area (Å²) in [4.78, 5) is 0. The fourth-order valence-corrected chi connectivity index (χ4v) is 1.86. The summed E-state index contributed by atoms with van der Waals surface area (Å²) in [6.45, 7) is 4.11. The van der Waals surface area contributed by atoms with E-state index in [-0.39, 0.29) is 5.75 Å². The standard InChI is InChI=1S/C15H13NO/c1-10-4-3-5-14(11(10)2)12-6-7-13(9-16)15(17)8-12/h3-8,17H,1-2H3. The number of aryl methyl sites for hydroxylation is 1. The van der Waals surface area contributed by atoms with Crippen molar-refractivity contribution in [3.8, 4) is 22.9 Å². The van der Waals surface area contributed by atoms with Gasteiger partial charge in [0.25, 0.3) is 0 Å². The van der Waals surface area contributed by atoms with Gasteiger partial charge in [-0.05, 0) is 48.2 Å². The highest BCUT2D eigenvalue weighted by atomic mass is 16.3. The predicted molar refractivity (Wildman–Crippen MR) is 67.7 cm³/mol. The van der Waals surface area contributed by atoms with Crippen molar-refractivity contribution in [3.05, 3.63) is 53.1 Å². The Morgan fingerprint density at radius 1 is 1.12 bits per heavy atom. The molecule has 2 aromatic rings. The van der Waals surface area contributed by atoms with Crippen molar-refractivity contribution < 1.29 is 5.11 Å². The molecule has 2 heteroatoms. The molecule has 0 saturated carbocycles. The Hall–Kier alpha value is -2.27. The summed E-state index contributed by atoms with van der Waals surface area (Å²) < 4.78 is 0. The second-order valence-electron chi connectivity index (χ2n) is 4.09. The van der Waals surface area contributed by atoms with Crippen LogP contribution in [0.25, 0.3) is 11.1 Å². The Labute approximate surface area is 101 Å². The molecule has 84 valence electrons. The Morgan fingerprint density at radius 2 is 1.88 bits per heavy atom. The van der Waals surface area contributed by atoms with Gasteiger partial charge < -0.3 is 5.11 Å². The molecule has 1 N–H and O–H groups in total. The van der Waals surface area contributed by atoms with Crippen LogP contribution in [0.3, 0.4) is 0 Å². The molecule has 0 unspecified atom stereocenters. The van der Waals surface area contributed by atoms with Gasteiger partial charge in [-0.25, -0.2) is 0 Å². The molecule has 0 heterocycles. The van der Waals surface area contributed by atoms with E-state index in [1.165, 1.54) is 11.1 Å². The minimum absolute atomic E-state index is 0.0332. The lowest BCUT2D eigenvalue weighted by molar-refractivity contribution is 0.474. The first-order valence-electron chi connectivity index (χ1n) is 5.43. The molecule has 17 heavy (non-hydrogen) atoms. The molecule has 2 nitrogen and oxygen atoms in total. The molecule has 2 rings (SSSR count). The van der Waals surface area contributed by atoms with E-state index in [1.54, 1.807) is 12.1 Å². The van der Waals surface area contributed by atoms with E-state index < -0.39 is 0 Å². The third-order valence-corrected chi connectivity index (χ3v) is 3.03. The number of hydrogen-bond donors (Lipinski definition) is 1. The number of hydrogen-bond acceptors (Lipinski definition) is 2. The molecule has 0 spiro atoms. The number of nitriles is 1. The summed E-state index contributed by atoms with van der Waals surface area (Å²) in [5.74, 6) is 0.0332. The Morgan fingerprint density at radius 3 is 2.53 bits per heavy atom. The molecule has 0 fully saturated rings. The SMILES string of the molecule is Cc1cccc(-c2ccc(C#N)c(O)c2)c1C. The lowest BCUT2D eigenvalue weighted by Gasteiger charge is -2.09. The Bertz CT molecular complexity index is 609. The average Bonchev–Trinajstić information content (AvgIpc) is 2.32. The summed E-state index contributed by atoms with van der Waals surface area (Å²) >= 11 is 0. The van der Waals surface area contributed by atoms with Gasteiger partial charge in [-0.3, -0.25) is 0 Å². The maximum Gasteiger partial charge on any atom is 0.133 e. The van der Waals surface area contributed by atoms with Crippen molar-refractivity contribution >= 4 is 0 Å². The van der Waals surface area contributed by atoms with E-state index in [2.05, 4.69) is 19.9 Å². The van der Waals surface area contributed by atoms with E-state index in [1.807, 2.05) is 24.3 Å². The first-order chi connectivity index (χ1) is 8.13. The third kappa shape index (κ3) is 2.00. The van der Waals surface area contributed by atoms with Crippen LogP contribution in [0.2, 0.25) is 0 Å². The number of phenols is 1. The van der Waals surface area contributed by atoms with Crippen molar-refractivity contribution in [2.75, 3.05) is 0 Å². The van der Waals surface area contributed by atoms with E-state index in [9.17, 15) is 5.11 Å². The van der Waals surface area contributed by atoms with Gasteiger partial charge in [0.05, 0.1) is 5.56 Å². The average molecular weight is 223 g/mol. The zero-order valence-corrected chi connectivity index (χ0v) is 9.86. The van der Waals surface area contributed by atoms with Crippen LogP contribution in [0.4, 0.5) is 0 Å². The van der Waals surface area contributed by atoms with Crippen molar-refractivity contribution in [1.29, 1.82) is 5.26 Å². The number of phenolic OH excluding ortho intramolecular Hbond substituents is 1. The van der Waals surface area contributed by atoms with Crippen molar-refractivity contribution in [2.45, 2.75) is 13.8 Å². The molecule has 0 aliphatic heterocycles. The van der Waals surface area contributed by atoms with Gasteiger partial charge in [0.15, 0.2) is 0 Å². The molecule has 0 atom stereocenters. The van der Waals surface area contributed by atoms with Crippen LogP contribution < -0.4 is 0 Å². The number of rotatable bonds is 1. The summed E-state index contributed by atoms with van der Waals surface area (Å²) in [5.41, 5.74) is 4.73. The third-order valence-electron chi connectivity index (χ3n) is 3.03. The van der Waals surface area contributed by atoms with Gasteiger partial charge in [0.1, 0.15) is 11.8 Å². The molecule has 0 bridgehead atoms. The molecule has 0 aliphatic carbocycles. The van der Waals surface area contributed by atoms with E-state index in [0.29, 0.717) is 5.56 Å². The van der Waals surface area contributed by atoms with Crippen LogP contribution in [0.5, 0.6) is 5.75 Å². The maximum atomic E-state index is 9.69.